The Bertz CT molecular complexity index is 880. The molecule has 4 atom stereocenters. The molecule has 2 aromatic rings. The normalized spacial score (nSPS) is 28.6. The lowest BCUT2D eigenvalue weighted by Gasteiger charge is -2.18. The first kappa shape index (κ1) is 16.6. The summed E-state index contributed by atoms with van der Waals surface area (Å²) >= 11 is 0. The summed E-state index contributed by atoms with van der Waals surface area (Å²) in [7, 11) is -3.48. The maximum atomic E-state index is 12.9. The highest BCUT2D eigenvalue weighted by Crippen LogP contribution is 2.43. The van der Waals surface area contributed by atoms with E-state index in [1.165, 1.54) is 0 Å². The van der Waals surface area contributed by atoms with Gasteiger partial charge in [0, 0.05) is 29.7 Å². The molecule has 132 valence electrons. The molecule has 25 heavy (non-hydrogen) atoms. The van der Waals surface area contributed by atoms with Gasteiger partial charge in [0.15, 0.2) is 0 Å². The highest BCUT2D eigenvalue weighted by Gasteiger charge is 2.37. The van der Waals surface area contributed by atoms with Crippen LogP contribution in [-0.2, 0) is 9.84 Å². The molecule has 2 heterocycles. The molecule has 2 aliphatic rings. The van der Waals surface area contributed by atoms with Gasteiger partial charge >= 0.3 is 0 Å². The lowest BCUT2D eigenvalue weighted by Crippen LogP contribution is -2.33. The van der Waals surface area contributed by atoms with E-state index in [4.69, 9.17) is 0 Å². The van der Waals surface area contributed by atoms with Gasteiger partial charge in [-0.05, 0) is 62.6 Å². The van der Waals surface area contributed by atoms with Gasteiger partial charge in [-0.25, -0.2) is 8.42 Å². The molecule has 2 aromatic carbocycles. The van der Waals surface area contributed by atoms with Crippen LogP contribution in [0.15, 0.2) is 58.3 Å². The summed E-state index contributed by atoms with van der Waals surface area (Å²) in [5.41, 5.74) is 2.23. The van der Waals surface area contributed by atoms with Crippen LogP contribution in [0.3, 0.4) is 0 Å². The predicted molar refractivity (Wildman–Crippen MR) is 99.8 cm³/mol. The Morgan fingerprint density at radius 3 is 2.40 bits per heavy atom. The maximum absolute atomic E-state index is 12.9. The van der Waals surface area contributed by atoms with Crippen molar-refractivity contribution in [3.63, 3.8) is 0 Å². The topological polar surface area (TPSA) is 58.2 Å². The number of sulfone groups is 1. The molecule has 4 rings (SSSR count). The van der Waals surface area contributed by atoms with Crippen molar-refractivity contribution in [2.24, 2.45) is 0 Å². The molecule has 2 aliphatic heterocycles. The molecule has 0 saturated carbocycles. The Hall–Kier alpha value is -1.85. The molecule has 5 heteroatoms. The third-order valence-corrected chi connectivity index (χ3v) is 7.16. The maximum Gasteiger partial charge on any atom is 0.206 e. The first-order valence-corrected chi connectivity index (χ1v) is 10.4. The number of fused-ring (bicyclic) bond motifs is 3. The van der Waals surface area contributed by atoms with Crippen LogP contribution in [0.2, 0.25) is 0 Å². The third-order valence-electron chi connectivity index (χ3n) is 5.40. The summed E-state index contributed by atoms with van der Waals surface area (Å²) in [6.07, 6.45) is 2.06. The zero-order valence-corrected chi connectivity index (χ0v) is 15.4. The molecule has 0 aliphatic carbocycles. The van der Waals surface area contributed by atoms with Gasteiger partial charge in [0.25, 0.3) is 0 Å². The smallest absolute Gasteiger partial charge is 0.206 e. The number of nitrogens with one attached hydrogen (secondary N) is 2. The lowest BCUT2D eigenvalue weighted by atomic mass is 9.88. The molecule has 1 saturated heterocycles. The van der Waals surface area contributed by atoms with Gasteiger partial charge in [0.05, 0.1) is 9.79 Å². The van der Waals surface area contributed by atoms with E-state index in [1.807, 2.05) is 18.2 Å². The summed E-state index contributed by atoms with van der Waals surface area (Å²) in [6.45, 7) is 4.43. The molecule has 2 N–H and O–H groups in total. The Morgan fingerprint density at radius 1 is 0.920 bits per heavy atom. The molecule has 0 spiro atoms. The minimum Gasteiger partial charge on any atom is -0.381 e. The monoisotopic (exact) mass is 356 g/mol. The largest absolute Gasteiger partial charge is 0.381 e. The second-order valence-electron chi connectivity index (χ2n) is 7.36. The first-order valence-electron chi connectivity index (χ1n) is 8.92. The van der Waals surface area contributed by atoms with Crippen molar-refractivity contribution in [1.82, 2.24) is 5.32 Å². The Morgan fingerprint density at radius 2 is 1.64 bits per heavy atom. The van der Waals surface area contributed by atoms with E-state index < -0.39 is 9.84 Å². The molecular weight excluding hydrogens is 332 g/mol. The fourth-order valence-electron chi connectivity index (χ4n) is 4.30. The molecule has 0 bridgehead atoms. The number of hydrogen-bond acceptors (Lipinski definition) is 4. The summed E-state index contributed by atoms with van der Waals surface area (Å²) < 4.78 is 25.9. The van der Waals surface area contributed by atoms with Crippen LogP contribution in [0, 0.1) is 0 Å². The van der Waals surface area contributed by atoms with Crippen LogP contribution in [-0.4, -0.2) is 26.5 Å². The summed E-state index contributed by atoms with van der Waals surface area (Å²) in [5, 5.41) is 7.22. The number of rotatable bonds is 2. The van der Waals surface area contributed by atoms with Crippen molar-refractivity contribution in [3.05, 3.63) is 54.1 Å². The number of anilines is 1. The first-order chi connectivity index (χ1) is 11.9. The fourth-order valence-corrected chi connectivity index (χ4v) is 5.61. The average molecular weight is 356 g/mol. The molecule has 0 amide bonds. The van der Waals surface area contributed by atoms with Crippen molar-refractivity contribution in [2.75, 3.05) is 5.32 Å². The number of benzene rings is 2. The van der Waals surface area contributed by atoms with Crippen LogP contribution in [0.1, 0.15) is 38.2 Å². The van der Waals surface area contributed by atoms with Gasteiger partial charge in [0.2, 0.25) is 9.84 Å². The summed E-state index contributed by atoms with van der Waals surface area (Å²) in [4.78, 5) is 0.736. The van der Waals surface area contributed by atoms with Crippen LogP contribution in [0.25, 0.3) is 0 Å². The second-order valence-corrected chi connectivity index (χ2v) is 9.31. The lowest BCUT2D eigenvalue weighted by molar-refractivity contribution is 0.468. The molecular formula is C20H24N2O2S. The zero-order chi connectivity index (χ0) is 17.6. The second kappa shape index (κ2) is 6.15. The van der Waals surface area contributed by atoms with Gasteiger partial charge in [-0.1, -0.05) is 18.2 Å². The van der Waals surface area contributed by atoms with E-state index in [9.17, 15) is 8.42 Å². The van der Waals surface area contributed by atoms with Gasteiger partial charge in [0.1, 0.15) is 0 Å². The molecule has 0 aromatic heterocycles. The Balaban J connectivity index is 1.74. The van der Waals surface area contributed by atoms with E-state index in [0.29, 0.717) is 33.8 Å². The predicted octanol–water partition coefficient (Wildman–Crippen LogP) is 3.56. The van der Waals surface area contributed by atoms with Gasteiger partial charge in [-0.15, -0.1) is 0 Å². The van der Waals surface area contributed by atoms with Crippen molar-refractivity contribution in [3.8, 4) is 0 Å². The number of hydrogen-bond donors (Lipinski definition) is 2. The van der Waals surface area contributed by atoms with Crippen LogP contribution in [0.4, 0.5) is 5.69 Å². The van der Waals surface area contributed by atoms with E-state index in [2.05, 4.69) is 24.5 Å². The third kappa shape index (κ3) is 2.96. The Kier molecular flexibility index (Phi) is 4.08. The summed E-state index contributed by atoms with van der Waals surface area (Å²) in [5.74, 6) is 0.355. The summed E-state index contributed by atoms with van der Waals surface area (Å²) in [6, 6.07) is 15.5. The molecule has 4 nitrogen and oxygen atoms in total. The van der Waals surface area contributed by atoms with Crippen molar-refractivity contribution in [1.29, 1.82) is 0 Å². The Labute approximate surface area is 149 Å². The minimum atomic E-state index is -3.48. The van der Waals surface area contributed by atoms with Gasteiger partial charge < -0.3 is 10.6 Å². The fraction of sp³-hybridized carbons (Fsp3) is 0.400. The van der Waals surface area contributed by atoms with Crippen LogP contribution < -0.4 is 10.6 Å². The van der Waals surface area contributed by atoms with Crippen molar-refractivity contribution < 1.29 is 8.42 Å². The van der Waals surface area contributed by atoms with Crippen molar-refractivity contribution >= 4 is 15.5 Å². The standard InChI is InChI=1S/C20H24N2O2S/c1-13-10-17-18-12-16(25(23,24)15-6-4-3-5-7-15)8-9-19(18)22-20(17)11-14(2)21-13/h3-9,12-14,17,20-22H,10-11H2,1-2H3/t13?,14?,17-,20?/m0/s1. The van der Waals surface area contributed by atoms with Gasteiger partial charge in [-0.2, -0.15) is 0 Å². The zero-order valence-electron chi connectivity index (χ0n) is 14.6. The van der Waals surface area contributed by atoms with E-state index in [0.717, 1.165) is 24.1 Å². The highest BCUT2D eigenvalue weighted by molar-refractivity contribution is 7.91. The van der Waals surface area contributed by atoms with E-state index in [-0.39, 0.29) is 0 Å². The van der Waals surface area contributed by atoms with E-state index >= 15 is 0 Å². The molecule has 3 unspecified atom stereocenters. The average Bonchev–Trinajstić information content (AvgIpc) is 2.84. The molecule has 0 radical (unpaired) electrons. The SMILES string of the molecule is CC1CC2Nc3ccc(S(=O)(=O)c4ccccc4)cc3[C@@H]2CC(C)N1. The van der Waals surface area contributed by atoms with Gasteiger partial charge in [-0.3, -0.25) is 0 Å². The van der Waals surface area contributed by atoms with Crippen LogP contribution >= 0.6 is 0 Å². The van der Waals surface area contributed by atoms with Crippen LogP contribution in [0.5, 0.6) is 0 Å². The highest BCUT2D eigenvalue weighted by atomic mass is 32.2. The minimum absolute atomic E-state index is 0.349. The van der Waals surface area contributed by atoms with E-state index in [1.54, 1.807) is 30.3 Å². The quantitative estimate of drug-likeness (QED) is 0.864. The molecule has 1 fully saturated rings. The van der Waals surface area contributed by atoms with Crippen molar-refractivity contribution in [2.45, 2.75) is 60.5 Å².